The molecule has 2 rings (SSSR count). The van der Waals surface area contributed by atoms with Crippen LogP contribution in [0.3, 0.4) is 0 Å². The summed E-state index contributed by atoms with van der Waals surface area (Å²) in [5, 5.41) is 3.13. The number of hydrogen-bond donors (Lipinski definition) is 1. The van der Waals surface area contributed by atoms with Crippen molar-refractivity contribution >= 4 is 30.0 Å². The molecule has 0 aromatic carbocycles. The Morgan fingerprint density at radius 2 is 2.04 bits per heavy atom. The molecule has 2 heterocycles. The number of aliphatic imine (C=N–C) groups is 2. The van der Waals surface area contributed by atoms with E-state index in [2.05, 4.69) is 55.3 Å². The van der Waals surface area contributed by atoms with E-state index < -0.39 is 0 Å². The third-order valence-corrected chi connectivity index (χ3v) is 4.47. The molecule has 8 heteroatoms. The number of likely N-dealkylation sites (N-methyl/N-ethyl adjacent to an activating group) is 1. The van der Waals surface area contributed by atoms with Crippen molar-refractivity contribution < 1.29 is 4.79 Å². The van der Waals surface area contributed by atoms with Gasteiger partial charge >= 0.3 is 0 Å². The Morgan fingerprint density at radius 1 is 1.33 bits per heavy atom. The number of carbonyl (C=O) groups excluding carboxylic acids is 1. The zero-order valence-electron chi connectivity index (χ0n) is 16.3. The van der Waals surface area contributed by atoms with E-state index in [9.17, 15) is 4.79 Å². The van der Waals surface area contributed by atoms with Gasteiger partial charge in [-0.25, -0.2) is 9.97 Å². The standard InChI is InChI=1S/C19H27N7O/c1-6-25-7-9-26(10-8-25)19-12-18(22-13-23-19)24-17(21-5)11-16(20-4)14(2)15(3)27/h11-13H,2,4,6-10H2,1,3,5H3,(H,21,22,23,24)/b16-11-. The first-order valence-corrected chi connectivity index (χ1v) is 8.90. The van der Waals surface area contributed by atoms with Crippen molar-refractivity contribution in [2.75, 3.05) is 50.0 Å². The van der Waals surface area contributed by atoms with E-state index in [1.807, 2.05) is 6.07 Å². The smallest absolute Gasteiger partial charge is 0.161 e. The number of carbonyl (C=O) groups is 1. The van der Waals surface area contributed by atoms with Gasteiger partial charge in [0.1, 0.15) is 23.8 Å². The molecule has 144 valence electrons. The Bertz CT molecular complexity index is 761. The van der Waals surface area contributed by atoms with Gasteiger partial charge in [0.15, 0.2) is 5.78 Å². The number of nitrogens with zero attached hydrogens (tertiary/aromatic N) is 6. The molecule has 0 unspecified atom stereocenters. The van der Waals surface area contributed by atoms with Crippen LogP contribution in [0.4, 0.5) is 11.6 Å². The van der Waals surface area contributed by atoms with Crippen LogP contribution in [0.25, 0.3) is 0 Å². The number of anilines is 2. The van der Waals surface area contributed by atoms with Crippen molar-refractivity contribution in [3.05, 3.63) is 36.3 Å². The molecule has 0 atom stereocenters. The fourth-order valence-electron chi connectivity index (χ4n) is 2.71. The van der Waals surface area contributed by atoms with Crippen molar-refractivity contribution in [3.8, 4) is 0 Å². The number of piperazine rings is 1. The second-order valence-corrected chi connectivity index (χ2v) is 6.14. The molecule has 1 saturated heterocycles. The van der Waals surface area contributed by atoms with Gasteiger partial charge in [0.05, 0.1) is 5.70 Å². The largest absolute Gasteiger partial charge is 0.354 e. The van der Waals surface area contributed by atoms with Crippen LogP contribution >= 0.6 is 0 Å². The lowest BCUT2D eigenvalue weighted by molar-refractivity contribution is -0.113. The molecule has 1 aliphatic rings. The maximum Gasteiger partial charge on any atom is 0.161 e. The SMILES string of the molecule is C=N/C(=C\C(=NC)Nc1cc(N2CCN(CC)CC2)ncn1)C(=C)C(C)=O. The highest BCUT2D eigenvalue weighted by Gasteiger charge is 2.17. The molecule has 1 fully saturated rings. The average molecular weight is 369 g/mol. The second-order valence-electron chi connectivity index (χ2n) is 6.14. The third-order valence-electron chi connectivity index (χ3n) is 4.47. The fourth-order valence-corrected chi connectivity index (χ4v) is 2.71. The van der Waals surface area contributed by atoms with Gasteiger partial charge < -0.3 is 15.1 Å². The number of Topliss-reactive ketones (excluding diaryl/α,β-unsaturated/α-hetero) is 1. The van der Waals surface area contributed by atoms with E-state index in [0.29, 0.717) is 17.4 Å². The molecule has 1 N–H and O–H groups in total. The molecule has 0 saturated carbocycles. The highest BCUT2D eigenvalue weighted by atomic mass is 16.1. The van der Waals surface area contributed by atoms with Crippen LogP contribution in [0.2, 0.25) is 0 Å². The van der Waals surface area contributed by atoms with Gasteiger partial charge in [0, 0.05) is 50.9 Å². The first-order valence-electron chi connectivity index (χ1n) is 8.90. The maximum atomic E-state index is 11.5. The molecule has 0 bridgehead atoms. The van der Waals surface area contributed by atoms with Gasteiger partial charge in [-0.1, -0.05) is 13.5 Å². The molecule has 1 aromatic rings. The summed E-state index contributed by atoms with van der Waals surface area (Å²) in [6.45, 7) is 15.8. The number of allylic oxidation sites excluding steroid dienone is 1. The van der Waals surface area contributed by atoms with Crippen LogP contribution in [0, 0.1) is 0 Å². The molecule has 27 heavy (non-hydrogen) atoms. The van der Waals surface area contributed by atoms with Gasteiger partial charge in [-0.15, -0.1) is 0 Å². The summed E-state index contributed by atoms with van der Waals surface area (Å²) < 4.78 is 0. The van der Waals surface area contributed by atoms with Gasteiger partial charge in [0.25, 0.3) is 0 Å². The molecule has 8 nitrogen and oxygen atoms in total. The molecule has 0 amide bonds. The highest BCUT2D eigenvalue weighted by molar-refractivity contribution is 6.06. The molecular weight excluding hydrogens is 342 g/mol. The quantitative estimate of drug-likeness (QED) is 0.341. The molecule has 0 radical (unpaired) electrons. The van der Waals surface area contributed by atoms with Crippen molar-refractivity contribution in [3.63, 3.8) is 0 Å². The molecule has 1 aromatic heterocycles. The summed E-state index contributed by atoms with van der Waals surface area (Å²) >= 11 is 0. The van der Waals surface area contributed by atoms with E-state index in [-0.39, 0.29) is 11.4 Å². The maximum absolute atomic E-state index is 11.5. The number of amidine groups is 1. The Labute approximate surface area is 160 Å². The average Bonchev–Trinajstić information content (AvgIpc) is 2.70. The summed E-state index contributed by atoms with van der Waals surface area (Å²) in [5.74, 6) is 1.82. The van der Waals surface area contributed by atoms with E-state index in [4.69, 9.17) is 0 Å². The van der Waals surface area contributed by atoms with Crippen molar-refractivity contribution in [2.24, 2.45) is 9.98 Å². The highest BCUT2D eigenvalue weighted by Crippen LogP contribution is 2.17. The monoisotopic (exact) mass is 369 g/mol. The predicted molar refractivity (Wildman–Crippen MR) is 111 cm³/mol. The Morgan fingerprint density at radius 3 is 2.59 bits per heavy atom. The fraction of sp³-hybridized carbons (Fsp3) is 0.421. The minimum atomic E-state index is -0.167. The molecular formula is C19H27N7O. The van der Waals surface area contributed by atoms with E-state index in [1.54, 1.807) is 13.1 Å². The molecule has 1 aliphatic heterocycles. The Balaban J connectivity index is 2.13. The van der Waals surface area contributed by atoms with Crippen LogP contribution in [-0.4, -0.2) is 73.0 Å². The number of aromatic nitrogens is 2. The van der Waals surface area contributed by atoms with Gasteiger partial charge in [-0.05, 0) is 20.2 Å². The molecule has 0 spiro atoms. The summed E-state index contributed by atoms with van der Waals surface area (Å²) in [6, 6.07) is 1.89. The number of ketones is 1. The van der Waals surface area contributed by atoms with Crippen LogP contribution in [0.1, 0.15) is 13.8 Å². The van der Waals surface area contributed by atoms with Crippen LogP contribution in [-0.2, 0) is 4.79 Å². The molecule has 0 aliphatic carbocycles. The summed E-state index contributed by atoms with van der Waals surface area (Å²) in [7, 11) is 1.64. The third kappa shape index (κ3) is 5.55. The lowest BCUT2D eigenvalue weighted by atomic mass is 10.1. The summed E-state index contributed by atoms with van der Waals surface area (Å²) in [5.41, 5.74) is 0.658. The van der Waals surface area contributed by atoms with Crippen LogP contribution < -0.4 is 10.2 Å². The van der Waals surface area contributed by atoms with E-state index in [1.165, 1.54) is 13.3 Å². The van der Waals surface area contributed by atoms with E-state index >= 15 is 0 Å². The first kappa shape index (κ1) is 20.4. The normalized spacial score (nSPS) is 16.2. The second kappa shape index (κ2) is 9.72. The van der Waals surface area contributed by atoms with Gasteiger partial charge in [-0.3, -0.25) is 14.8 Å². The lowest BCUT2D eigenvalue weighted by Gasteiger charge is -2.34. The predicted octanol–water partition coefficient (Wildman–Crippen LogP) is 1.79. The summed E-state index contributed by atoms with van der Waals surface area (Å²) in [4.78, 5) is 32.9. The topological polar surface area (TPSA) is 86.1 Å². The minimum absolute atomic E-state index is 0.167. The van der Waals surface area contributed by atoms with E-state index in [0.717, 1.165) is 38.5 Å². The number of nitrogens with one attached hydrogen (secondary N) is 1. The lowest BCUT2D eigenvalue weighted by Crippen LogP contribution is -2.46. The minimum Gasteiger partial charge on any atom is -0.354 e. The van der Waals surface area contributed by atoms with Crippen LogP contribution in [0.15, 0.2) is 46.3 Å². The first-order chi connectivity index (χ1) is 13.0. The Hall–Kier alpha value is -2.87. The Kier molecular flexibility index (Phi) is 7.36. The van der Waals surface area contributed by atoms with Crippen LogP contribution in [0.5, 0.6) is 0 Å². The number of hydrogen-bond acceptors (Lipinski definition) is 7. The number of rotatable bonds is 7. The van der Waals surface area contributed by atoms with Gasteiger partial charge in [-0.2, -0.15) is 0 Å². The summed E-state index contributed by atoms with van der Waals surface area (Å²) in [6.07, 6.45) is 3.15. The van der Waals surface area contributed by atoms with Crippen molar-refractivity contribution in [1.82, 2.24) is 14.9 Å². The van der Waals surface area contributed by atoms with Crippen molar-refractivity contribution in [2.45, 2.75) is 13.8 Å². The van der Waals surface area contributed by atoms with Gasteiger partial charge in [0.2, 0.25) is 0 Å². The van der Waals surface area contributed by atoms with Crippen molar-refractivity contribution in [1.29, 1.82) is 0 Å². The zero-order valence-corrected chi connectivity index (χ0v) is 16.3. The zero-order chi connectivity index (χ0) is 19.8.